The molecular weight excluding hydrogens is 326 g/mol. The van der Waals surface area contributed by atoms with Gasteiger partial charge in [-0.15, -0.1) is 10.2 Å². The molecule has 130 valence electrons. The predicted octanol–water partition coefficient (Wildman–Crippen LogP) is 2.40. The summed E-state index contributed by atoms with van der Waals surface area (Å²) < 4.78 is 7.58. The number of carbonyl (C=O) groups is 1. The van der Waals surface area contributed by atoms with Crippen molar-refractivity contribution in [1.82, 2.24) is 24.7 Å². The number of ether oxygens (including phenoxy) is 1. The lowest BCUT2D eigenvalue weighted by molar-refractivity contribution is -0.135. The molecule has 0 aliphatic carbocycles. The van der Waals surface area contributed by atoms with Crippen molar-refractivity contribution in [2.45, 2.75) is 51.6 Å². The highest BCUT2D eigenvalue weighted by molar-refractivity contribution is 7.16. The Kier molecular flexibility index (Phi) is 4.26. The van der Waals surface area contributed by atoms with Crippen LogP contribution in [0, 0.1) is 5.92 Å². The fraction of sp³-hybridized carbons (Fsp3) is 0.750. The first-order valence-corrected chi connectivity index (χ1v) is 9.57. The highest BCUT2D eigenvalue weighted by Gasteiger charge is 2.29. The van der Waals surface area contributed by atoms with Crippen molar-refractivity contribution in [3.05, 3.63) is 10.8 Å². The molecule has 2 aromatic heterocycles. The minimum absolute atomic E-state index is 0.0282. The molecule has 1 atom stereocenters. The Labute approximate surface area is 145 Å². The average molecular weight is 349 g/mol. The van der Waals surface area contributed by atoms with Crippen LogP contribution in [0.1, 0.15) is 62.4 Å². The molecule has 2 aliphatic rings. The Balaban J connectivity index is 1.48. The van der Waals surface area contributed by atoms with Gasteiger partial charge in [0.25, 0.3) is 0 Å². The summed E-state index contributed by atoms with van der Waals surface area (Å²) in [4.78, 5) is 14.9. The molecule has 2 fully saturated rings. The van der Waals surface area contributed by atoms with E-state index in [0.29, 0.717) is 5.92 Å². The number of aromatic nitrogens is 4. The number of likely N-dealkylation sites (tertiary alicyclic amines) is 1. The summed E-state index contributed by atoms with van der Waals surface area (Å²) in [5, 5.41) is 14.4. The van der Waals surface area contributed by atoms with E-state index < -0.39 is 0 Å². The third kappa shape index (κ3) is 2.82. The molecule has 8 heteroatoms. The van der Waals surface area contributed by atoms with E-state index in [2.05, 4.69) is 10.2 Å². The Morgan fingerprint density at radius 3 is 2.71 bits per heavy atom. The minimum atomic E-state index is 0.0282. The first-order chi connectivity index (χ1) is 11.6. The van der Waals surface area contributed by atoms with E-state index in [-0.39, 0.29) is 17.9 Å². The zero-order valence-corrected chi connectivity index (χ0v) is 15.0. The van der Waals surface area contributed by atoms with Crippen LogP contribution in [0.5, 0.6) is 0 Å². The van der Waals surface area contributed by atoms with Crippen LogP contribution >= 0.6 is 11.3 Å². The van der Waals surface area contributed by atoms with Crippen molar-refractivity contribution in [1.29, 1.82) is 0 Å². The zero-order chi connectivity index (χ0) is 16.7. The molecule has 0 bridgehead atoms. The number of piperidine rings is 1. The predicted molar refractivity (Wildman–Crippen MR) is 90.0 cm³/mol. The van der Waals surface area contributed by atoms with Crippen molar-refractivity contribution in [3.8, 4) is 0 Å². The summed E-state index contributed by atoms with van der Waals surface area (Å²) in [7, 11) is 0. The molecule has 4 rings (SSSR count). The summed E-state index contributed by atoms with van der Waals surface area (Å²) in [6, 6.07) is 0. The molecule has 0 spiro atoms. The number of fused-ring (bicyclic) bond motifs is 1. The number of hydrogen-bond acceptors (Lipinski definition) is 6. The van der Waals surface area contributed by atoms with Crippen LogP contribution in [0.4, 0.5) is 0 Å². The van der Waals surface area contributed by atoms with Crippen LogP contribution in [0.3, 0.4) is 0 Å². The van der Waals surface area contributed by atoms with Gasteiger partial charge in [-0.3, -0.25) is 4.79 Å². The van der Waals surface area contributed by atoms with E-state index in [4.69, 9.17) is 9.84 Å². The second kappa shape index (κ2) is 6.40. The summed E-state index contributed by atoms with van der Waals surface area (Å²) in [6.07, 6.45) is 4.03. The Morgan fingerprint density at radius 1 is 1.25 bits per heavy atom. The number of hydrogen-bond donors (Lipinski definition) is 0. The van der Waals surface area contributed by atoms with Crippen molar-refractivity contribution >= 4 is 22.2 Å². The standard InChI is InChI=1S/C16H23N5O2S/c1-10(2)15(22)20-7-5-11(6-8-20)14-19-21-13(12-4-3-9-23-12)17-18-16(21)24-14/h10-12H,3-9H2,1-2H3/t12-/m1/s1. The first-order valence-electron chi connectivity index (χ1n) is 8.76. The van der Waals surface area contributed by atoms with Gasteiger partial charge in [0.05, 0.1) is 0 Å². The van der Waals surface area contributed by atoms with Crippen molar-refractivity contribution < 1.29 is 9.53 Å². The largest absolute Gasteiger partial charge is 0.370 e. The van der Waals surface area contributed by atoms with Gasteiger partial charge in [0.15, 0.2) is 5.82 Å². The lowest BCUT2D eigenvalue weighted by atomic mass is 9.97. The number of carbonyl (C=O) groups excluding carboxylic acids is 1. The maximum Gasteiger partial charge on any atom is 0.234 e. The summed E-state index contributed by atoms with van der Waals surface area (Å²) in [6.45, 7) is 6.35. The molecule has 24 heavy (non-hydrogen) atoms. The van der Waals surface area contributed by atoms with E-state index in [1.807, 2.05) is 23.3 Å². The fourth-order valence-corrected chi connectivity index (χ4v) is 4.52. The van der Waals surface area contributed by atoms with Crippen LogP contribution in [-0.4, -0.2) is 50.3 Å². The van der Waals surface area contributed by atoms with Crippen LogP contribution in [0.15, 0.2) is 0 Å². The molecule has 7 nitrogen and oxygen atoms in total. The van der Waals surface area contributed by atoms with Gasteiger partial charge in [0, 0.05) is 31.5 Å². The molecule has 0 radical (unpaired) electrons. The molecular formula is C16H23N5O2S. The Morgan fingerprint density at radius 2 is 2.04 bits per heavy atom. The molecule has 0 N–H and O–H groups in total. The highest BCUT2D eigenvalue weighted by atomic mass is 32.1. The molecule has 0 saturated carbocycles. The third-order valence-electron chi connectivity index (χ3n) is 4.90. The van der Waals surface area contributed by atoms with E-state index in [0.717, 1.165) is 61.2 Å². The van der Waals surface area contributed by atoms with Crippen LogP contribution in [0.2, 0.25) is 0 Å². The minimum Gasteiger partial charge on any atom is -0.370 e. The van der Waals surface area contributed by atoms with Gasteiger partial charge >= 0.3 is 0 Å². The van der Waals surface area contributed by atoms with E-state index in [9.17, 15) is 4.79 Å². The van der Waals surface area contributed by atoms with E-state index in [1.54, 1.807) is 11.3 Å². The molecule has 4 heterocycles. The highest BCUT2D eigenvalue weighted by Crippen LogP contribution is 2.33. The van der Waals surface area contributed by atoms with Crippen molar-refractivity contribution in [3.63, 3.8) is 0 Å². The molecule has 2 aromatic rings. The van der Waals surface area contributed by atoms with Crippen LogP contribution < -0.4 is 0 Å². The zero-order valence-electron chi connectivity index (χ0n) is 14.1. The average Bonchev–Trinajstić information content (AvgIpc) is 3.30. The van der Waals surface area contributed by atoms with Crippen LogP contribution in [0.25, 0.3) is 4.96 Å². The summed E-state index contributed by atoms with van der Waals surface area (Å²) in [5.74, 6) is 1.57. The second-order valence-electron chi connectivity index (χ2n) is 6.95. The van der Waals surface area contributed by atoms with E-state index in [1.165, 1.54) is 0 Å². The molecule has 2 aliphatic heterocycles. The molecule has 2 saturated heterocycles. The lowest BCUT2D eigenvalue weighted by Crippen LogP contribution is -2.40. The quantitative estimate of drug-likeness (QED) is 0.851. The lowest BCUT2D eigenvalue weighted by Gasteiger charge is -2.32. The van der Waals surface area contributed by atoms with Gasteiger partial charge in [-0.1, -0.05) is 25.2 Å². The Bertz CT molecular complexity index is 726. The monoisotopic (exact) mass is 349 g/mol. The SMILES string of the molecule is CC(C)C(=O)N1CCC(c2nn3c([C@H]4CCCO4)nnc3s2)CC1. The van der Waals surface area contributed by atoms with Crippen molar-refractivity contribution in [2.75, 3.05) is 19.7 Å². The number of rotatable bonds is 3. The first kappa shape index (κ1) is 16.0. The third-order valence-corrected chi connectivity index (χ3v) is 5.96. The van der Waals surface area contributed by atoms with Gasteiger partial charge in [-0.25, -0.2) is 0 Å². The van der Waals surface area contributed by atoms with Gasteiger partial charge < -0.3 is 9.64 Å². The smallest absolute Gasteiger partial charge is 0.234 e. The van der Waals surface area contributed by atoms with Gasteiger partial charge in [0.1, 0.15) is 11.1 Å². The molecule has 0 unspecified atom stereocenters. The maximum atomic E-state index is 12.1. The topological polar surface area (TPSA) is 72.6 Å². The molecule has 1 amide bonds. The van der Waals surface area contributed by atoms with Gasteiger partial charge in [0.2, 0.25) is 10.9 Å². The summed E-state index contributed by atoms with van der Waals surface area (Å²) in [5.41, 5.74) is 0. The van der Waals surface area contributed by atoms with Crippen LogP contribution in [-0.2, 0) is 9.53 Å². The summed E-state index contributed by atoms with van der Waals surface area (Å²) >= 11 is 1.62. The number of amides is 1. The Hall–Kier alpha value is -1.54. The van der Waals surface area contributed by atoms with Crippen molar-refractivity contribution in [2.24, 2.45) is 5.92 Å². The van der Waals surface area contributed by atoms with Gasteiger partial charge in [-0.2, -0.15) is 9.61 Å². The number of nitrogens with zero attached hydrogens (tertiary/aromatic N) is 5. The fourth-order valence-electron chi connectivity index (χ4n) is 3.51. The maximum absolute atomic E-state index is 12.1. The van der Waals surface area contributed by atoms with E-state index >= 15 is 0 Å². The normalized spacial score (nSPS) is 22.8. The second-order valence-corrected chi connectivity index (χ2v) is 7.94. The van der Waals surface area contributed by atoms with Gasteiger partial charge in [-0.05, 0) is 25.7 Å². The molecule has 0 aromatic carbocycles.